The van der Waals surface area contributed by atoms with Gasteiger partial charge in [-0.2, -0.15) is 0 Å². The highest BCUT2D eigenvalue weighted by molar-refractivity contribution is 8.14. The first-order chi connectivity index (χ1) is 8.52. The Balaban J connectivity index is 1.99. The van der Waals surface area contributed by atoms with Gasteiger partial charge in [0.1, 0.15) is 29.8 Å². The summed E-state index contributed by atoms with van der Waals surface area (Å²) in [7, 11) is 0. The summed E-state index contributed by atoms with van der Waals surface area (Å²) in [5, 5.41) is 31.1. The number of amidine groups is 1. The summed E-state index contributed by atoms with van der Waals surface area (Å²) in [5.41, 5.74) is -0.583. The lowest BCUT2D eigenvalue weighted by Crippen LogP contribution is -2.55. The largest absolute Gasteiger partial charge is 0.394 e. The highest BCUT2D eigenvalue weighted by atomic mass is 32.2. The van der Waals surface area contributed by atoms with E-state index in [1.165, 1.54) is 0 Å². The van der Waals surface area contributed by atoms with E-state index >= 15 is 0 Å². The number of aliphatic hydroxyl groups excluding tert-OH is 3. The zero-order valence-electron chi connectivity index (χ0n) is 9.24. The van der Waals surface area contributed by atoms with Crippen molar-refractivity contribution >= 4 is 16.9 Å². The number of hydrogen-bond donors (Lipinski definition) is 4. The van der Waals surface area contributed by atoms with Gasteiger partial charge in [0.05, 0.1) is 13.2 Å². The maximum absolute atomic E-state index is 12.0. The molecule has 0 aromatic heterocycles. The van der Waals surface area contributed by atoms with Crippen molar-refractivity contribution in [2.45, 2.75) is 36.2 Å². The van der Waals surface area contributed by atoms with Crippen LogP contribution in [0.4, 0.5) is 8.78 Å². The summed E-state index contributed by atoms with van der Waals surface area (Å²) in [6.07, 6.45) is -5.81. The van der Waals surface area contributed by atoms with Gasteiger partial charge in [0.2, 0.25) is 0 Å². The van der Waals surface area contributed by atoms with E-state index in [9.17, 15) is 19.0 Å². The van der Waals surface area contributed by atoms with Crippen LogP contribution >= 0.6 is 11.8 Å². The SMILES string of the molecule is OC[C@H]1O[C@@H]2SC(NCC(F)F)=N[C@@H]2[C@@H](O)[C@@H]1O. The molecule has 9 heteroatoms. The molecular formula is C9H14F2N2O4S. The molecule has 0 spiro atoms. The van der Waals surface area contributed by atoms with Crippen LogP contribution in [-0.2, 0) is 4.74 Å². The third-order valence-electron chi connectivity index (χ3n) is 2.75. The van der Waals surface area contributed by atoms with Gasteiger partial charge in [0.25, 0.3) is 6.43 Å². The van der Waals surface area contributed by atoms with Gasteiger partial charge in [-0.05, 0) is 0 Å². The highest BCUT2D eigenvalue weighted by Gasteiger charge is 2.47. The van der Waals surface area contributed by atoms with Gasteiger partial charge in [-0.1, -0.05) is 11.8 Å². The second-order valence-corrected chi connectivity index (χ2v) is 5.11. The van der Waals surface area contributed by atoms with Gasteiger partial charge >= 0.3 is 0 Å². The smallest absolute Gasteiger partial charge is 0.255 e. The van der Waals surface area contributed by atoms with E-state index < -0.39 is 49.4 Å². The Labute approximate surface area is 106 Å². The third kappa shape index (κ3) is 2.75. The number of alkyl halides is 2. The van der Waals surface area contributed by atoms with E-state index in [0.717, 1.165) is 11.8 Å². The quantitative estimate of drug-likeness (QED) is 0.517. The van der Waals surface area contributed by atoms with Gasteiger partial charge in [0, 0.05) is 0 Å². The molecule has 2 heterocycles. The van der Waals surface area contributed by atoms with Crippen LogP contribution in [0.15, 0.2) is 4.99 Å². The molecule has 1 fully saturated rings. The van der Waals surface area contributed by atoms with E-state index in [-0.39, 0.29) is 5.17 Å². The molecule has 0 radical (unpaired) electrons. The number of aliphatic hydroxyl groups is 3. The number of rotatable bonds is 3. The maximum atomic E-state index is 12.0. The lowest BCUT2D eigenvalue weighted by Gasteiger charge is -2.37. The molecule has 0 aromatic carbocycles. The fraction of sp³-hybridized carbons (Fsp3) is 0.889. The second-order valence-electron chi connectivity index (χ2n) is 4.02. The number of aliphatic imine (C=N–C) groups is 1. The molecule has 6 nitrogen and oxygen atoms in total. The van der Waals surface area contributed by atoms with Crippen LogP contribution in [0.1, 0.15) is 0 Å². The first-order valence-electron chi connectivity index (χ1n) is 5.42. The number of thioether (sulfide) groups is 1. The van der Waals surface area contributed by atoms with Crippen molar-refractivity contribution < 1.29 is 28.8 Å². The van der Waals surface area contributed by atoms with Gasteiger partial charge in [-0.15, -0.1) is 0 Å². The van der Waals surface area contributed by atoms with E-state index in [0.29, 0.717) is 0 Å². The molecule has 2 aliphatic heterocycles. The topological polar surface area (TPSA) is 94.3 Å². The van der Waals surface area contributed by atoms with Crippen LogP contribution in [-0.4, -0.2) is 69.9 Å². The number of nitrogens with one attached hydrogen (secondary N) is 1. The zero-order chi connectivity index (χ0) is 13.3. The molecule has 2 rings (SSSR count). The van der Waals surface area contributed by atoms with Gasteiger partial charge in [-0.25, -0.2) is 8.78 Å². The fourth-order valence-electron chi connectivity index (χ4n) is 1.83. The Morgan fingerprint density at radius 1 is 1.39 bits per heavy atom. The van der Waals surface area contributed by atoms with Crippen molar-refractivity contribution in [1.29, 1.82) is 0 Å². The fourth-order valence-corrected chi connectivity index (χ4v) is 2.96. The standard InChI is InChI=1S/C9H14F2N2O4S/c10-4(11)1-12-9-13-5-7(16)6(15)3(2-14)17-8(5)18-9/h3-8,14-16H,1-2H2,(H,12,13)/t3-,5-,6-,7-,8-/m1/s1. The minimum Gasteiger partial charge on any atom is -0.394 e. The number of ether oxygens (including phenoxy) is 1. The minimum atomic E-state index is -2.50. The van der Waals surface area contributed by atoms with Crippen molar-refractivity contribution in [1.82, 2.24) is 5.32 Å². The predicted octanol–water partition coefficient (Wildman–Crippen LogP) is -1.25. The number of nitrogens with zero attached hydrogens (tertiary/aromatic N) is 1. The van der Waals surface area contributed by atoms with Gasteiger partial charge in [-0.3, -0.25) is 4.99 Å². The maximum Gasteiger partial charge on any atom is 0.255 e. The molecule has 104 valence electrons. The zero-order valence-corrected chi connectivity index (χ0v) is 10.1. The van der Waals surface area contributed by atoms with Crippen LogP contribution in [0.3, 0.4) is 0 Å². The molecule has 18 heavy (non-hydrogen) atoms. The molecule has 0 aromatic rings. The number of halogens is 2. The van der Waals surface area contributed by atoms with Crippen LogP contribution in [0.5, 0.6) is 0 Å². The third-order valence-corrected chi connectivity index (χ3v) is 3.85. The first-order valence-corrected chi connectivity index (χ1v) is 6.30. The van der Waals surface area contributed by atoms with E-state index in [1.54, 1.807) is 0 Å². The molecule has 0 amide bonds. The average Bonchev–Trinajstić information content (AvgIpc) is 2.74. The highest BCUT2D eigenvalue weighted by Crippen LogP contribution is 2.35. The van der Waals surface area contributed by atoms with Crippen molar-refractivity contribution in [2.75, 3.05) is 13.2 Å². The molecule has 1 saturated heterocycles. The molecule has 0 saturated carbocycles. The molecular weight excluding hydrogens is 270 g/mol. The molecule has 2 aliphatic rings. The van der Waals surface area contributed by atoms with Crippen molar-refractivity contribution in [2.24, 2.45) is 4.99 Å². The van der Waals surface area contributed by atoms with E-state index in [4.69, 9.17) is 9.84 Å². The number of hydrogen-bond acceptors (Lipinski definition) is 7. The Morgan fingerprint density at radius 2 is 2.11 bits per heavy atom. The normalized spacial score (nSPS) is 39.7. The van der Waals surface area contributed by atoms with Crippen molar-refractivity contribution in [3.8, 4) is 0 Å². The minimum absolute atomic E-state index is 0.245. The molecule has 0 unspecified atom stereocenters. The monoisotopic (exact) mass is 284 g/mol. The molecule has 4 N–H and O–H groups in total. The summed E-state index contributed by atoms with van der Waals surface area (Å²) in [4.78, 5) is 4.00. The summed E-state index contributed by atoms with van der Waals surface area (Å²) >= 11 is 1.06. The number of fused-ring (bicyclic) bond motifs is 1. The van der Waals surface area contributed by atoms with Crippen molar-refractivity contribution in [3.63, 3.8) is 0 Å². The molecule has 5 atom stereocenters. The summed E-state index contributed by atoms with van der Waals surface area (Å²) in [6.45, 7) is -0.963. The van der Waals surface area contributed by atoms with Crippen LogP contribution in [0, 0.1) is 0 Å². The Kier molecular flexibility index (Phi) is 4.38. The van der Waals surface area contributed by atoms with Gasteiger partial charge < -0.3 is 25.4 Å². The van der Waals surface area contributed by atoms with Crippen LogP contribution < -0.4 is 5.32 Å². The summed E-state index contributed by atoms with van der Waals surface area (Å²) < 4.78 is 29.4. The Hall–Kier alpha value is -0.480. The van der Waals surface area contributed by atoms with E-state index in [1.807, 2.05) is 0 Å². The second kappa shape index (κ2) is 5.66. The predicted molar refractivity (Wildman–Crippen MR) is 60.6 cm³/mol. The summed E-state index contributed by atoms with van der Waals surface area (Å²) in [5.74, 6) is 0. The van der Waals surface area contributed by atoms with Gasteiger partial charge in [0.15, 0.2) is 5.17 Å². The Bertz CT molecular complexity index is 334. The average molecular weight is 284 g/mol. The summed E-state index contributed by atoms with van der Waals surface area (Å²) in [6, 6.07) is -0.715. The van der Waals surface area contributed by atoms with Crippen LogP contribution in [0.2, 0.25) is 0 Å². The Morgan fingerprint density at radius 3 is 2.72 bits per heavy atom. The van der Waals surface area contributed by atoms with Crippen LogP contribution in [0.25, 0.3) is 0 Å². The first kappa shape index (κ1) is 13.9. The molecule has 0 bridgehead atoms. The molecule has 0 aliphatic carbocycles. The lowest BCUT2D eigenvalue weighted by atomic mass is 9.99. The lowest BCUT2D eigenvalue weighted by molar-refractivity contribution is -0.164. The van der Waals surface area contributed by atoms with Crippen molar-refractivity contribution in [3.05, 3.63) is 0 Å². The van der Waals surface area contributed by atoms with E-state index in [2.05, 4.69) is 10.3 Å².